The van der Waals surface area contributed by atoms with Gasteiger partial charge in [0.1, 0.15) is 0 Å². The first-order valence-corrected chi connectivity index (χ1v) is 9.23. The summed E-state index contributed by atoms with van der Waals surface area (Å²) in [4.78, 5) is 10.5. The molecular formula is C19H37NO. The standard InChI is InChI=1S/C19H37NO/c1-2-3-4-5-6-7-8-9-10-11-12-13-14-15-16-17-18-19(20)21/h17-18H,2-16H2,1H3,(H2,20,21)/b18-17-. The first-order chi connectivity index (χ1) is 10.3. The summed E-state index contributed by atoms with van der Waals surface area (Å²) in [7, 11) is 0. The number of nitrogens with two attached hydrogens (primary N) is 1. The average Bonchev–Trinajstić information content (AvgIpc) is 2.46. The molecule has 0 atom stereocenters. The molecule has 2 N–H and O–H groups in total. The van der Waals surface area contributed by atoms with Crippen LogP contribution in [-0.2, 0) is 4.79 Å². The minimum atomic E-state index is -0.333. The highest BCUT2D eigenvalue weighted by Crippen LogP contribution is 2.13. The SMILES string of the molecule is CCCCCCCCCCCCCCCC/C=C\C(N)=O. The van der Waals surface area contributed by atoms with Crippen molar-refractivity contribution in [2.45, 2.75) is 103 Å². The lowest BCUT2D eigenvalue weighted by atomic mass is 10.0. The number of carbonyl (C=O) groups is 1. The van der Waals surface area contributed by atoms with Crippen molar-refractivity contribution in [1.29, 1.82) is 0 Å². The molecule has 2 heteroatoms. The fourth-order valence-electron chi connectivity index (χ4n) is 2.66. The molecule has 124 valence electrons. The van der Waals surface area contributed by atoms with Crippen LogP contribution < -0.4 is 5.73 Å². The molecule has 0 heterocycles. The van der Waals surface area contributed by atoms with Gasteiger partial charge in [0.05, 0.1) is 0 Å². The second kappa shape index (κ2) is 17.3. The van der Waals surface area contributed by atoms with Gasteiger partial charge in [-0.25, -0.2) is 0 Å². The van der Waals surface area contributed by atoms with E-state index in [1.54, 1.807) is 0 Å². The van der Waals surface area contributed by atoms with Crippen LogP contribution in [0.15, 0.2) is 12.2 Å². The van der Waals surface area contributed by atoms with Crippen LogP contribution in [-0.4, -0.2) is 5.91 Å². The van der Waals surface area contributed by atoms with E-state index in [1.165, 1.54) is 96.0 Å². The average molecular weight is 296 g/mol. The first kappa shape index (κ1) is 20.2. The van der Waals surface area contributed by atoms with E-state index in [0.717, 1.165) is 6.42 Å². The van der Waals surface area contributed by atoms with Gasteiger partial charge < -0.3 is 5.73 Å². The molecule has 0 radical (unpaired) electrons. The second-order valence-corrected chi connectivity index (χ2v) is 6.19. The Bertz CT molecular complexity index is 248. The summed E-state index contributed by atoms with van der Waals surface area (Å²) in [5.41, 5.74) is 5.03. The highest BCUT2D eigenvalue weighted by Gasteiger charge is 1.93. The van der Waals surface area contributed by atoms with Gasteiger partial charge in [0.25, 0.3) is 0 Å². The zero-order valence-corrected chi connectivity index (χ0v) is 14.2. The zero-order chi connectivity index (χ0) is 15.6. The Morgan fingerprint density at radius 2 is 1.10 bits per heavy atom. The topological polar surface area (TPSA) is 43.1 Å². The van der Waals surface area contributed by atoms with Crippen molar-refractivity contribution in [3.63, 3.8) is 0 Å². The van der Waals surface area contributed by atoms with Crippen LogP contribution in [0.2, 0.25) is 0 Å². The highest BCUT2D eigenvalue weighted by atomic mass is 16.1. The van der Waals surface area contributed by atoms with Crippen molar-refractivity contribution in [3.8, 4) is 0 Å². The Morgan fingerprint density at radius 3 is 1.48 bits per heavy atom. The molecule has 0 bridgehead atoms. The quantitative estimate of drug-likeness (QED) is 0.279. The lowest BCUT2D eigenvalue weighted by Crippen LogP contribution is -2.05. The zero-order valence-electron chi connectivity index (χ0n) is 14.2. The van der Waals surface area contributed by atoms with E-state index in [-0.39, 0.29) is 5.91 Å². The maximum Gasteiger partial charge on any atom is 0.241 e. The van der Waals surface area contributed by atoms with E-state index in [2.05, 4.69) is 6.92 Å². The van der Waals surface area contributed by atoms with Crippen LogP contribution in [0.25, 0.3) is 0 Å². The number of carbonyl (C=O) groups excluding carboxylic acids is 1. The van der Waals surface area contributed by atoms with E-state index >= 15 is 0 Å². The third-order valence-corrected chi connectivity index (χ3v) is 4.01. The van der Waals surface area contributed by atoms with Gasteiger partial charge in [-0.2, -0.15) is 0 Å². The van der Waals surface area contributed by atoms with Gasteiger partial charge in [0.15, 0.2) is 0 Å². The summed E-state index contributed by atoms with van der Waals surface area (Å²) in [5, 5.41) is 0. The normalized spacial score (nSPS) is 11.3. The number of rotatable bonds is 16. The third-order valence-electron chi connectivity index (χ3n) is 4.01. The molecule has 0 aromatic heterocycles. The molecule has 0 saturated heterocycles. The predicted octanol–water partition coefficient (Wildman–Crippen LogP) is 5.90. The molecule has 0 aromatic carbocycles. The fourth-order valence-corrected chi connectivity index (χ4v) is 2.66. The molecule has 0 rings (SSSR count). The van der Waals surface area contributed by atoms with Gasteiger partial charge in [-0.15, -0.1) is 0 Å². The number of unbranched alkanes of at least 4 members (excludes halogenated alkanes) is 14. The van der Waals surface area contributed by atoms with Gasteiger partial charge in [-0.1, -0.05) is 96.5 Å². The van der Waals surface area contributed by atoms with E-state index in [0.29, 0.717) is 0 Å². The fraction of sp³-hybridized carbons (Fsp3) is 0.842. The molecule has 0 aliphatic rings. The van der Waals surface area contributed by atoms with E-state index in [1.807, 2.05) is 6.08 Å². The molecular weight excluding hydrogens is 258 g/mol. The van der Waals surface area contributed by atoms with Crippen molar-refractivity contribution < 1.29 is 4.79 Å². The van der Waals surface area contributed by atoms with E-state index < -0.39 is 0 Å². The van der Waals surface area contributed by atoms with Gasteiger partial charge in [0, 0.05) is 0 Å². The number of amides is 1. The van der Waals surface area contributed by atoms with Crippen molar-refractivity contribution in [2.75, 3.05) is 0 Å². The Kier molecular flexibility index (Phi) is 16.6. The first-order valence-electron chi connectivity index (χ1n) is 9.23. The Hall–Kier alpha value is -0.790. The summed E-state index contributed by atoms with van der Waals surface area (Å²) in [5.74, 6) is -0.333. The summed E-state index contributed by atoms with van der Waals surface area (Å²) in [6, 6.07) is 0. The van der Waals surface area contributed by atoms with Gasteiger partial charge in [-0.05, 0) is 18.9 Å². The highest BCUT2D eigenvalue weighted by molar-refractivity contribution is 5.85. The summed E-state index contributed by atoms with van der Waals surface area (Å²) in [6.07, 6.45) is 23.7. The molecule has 21 heavy (non-hydrogen) atoms. The Labute approximate surface area is 132 Å². The molecule has 1 amide bonds. The molecule has 0 fully saturated rings. The molecule has 0 saturated carbocycles. The number of allylic oxidation sites excluding steroid dienone is 1. The van der Waals surface area contributed by atoms with Crippen LogP contribution in [0.4, 0.5) is 0 Å². The molecule has 2 nitrogen and oxygen atoms in total. The molecule has 0 aliphatic carbocycles. The maximum atomic E-state index is 10.5. The van der Waals surface area contributed by atoms with Gasteiger partial charge in [0.2, 0.25) is 5.91 Å². The number of hydrogen-bond acceptors (Lipinski definition) is 1. The van der Waals surface area contributed by atoms with Crippen LogP contribution >= 0.6 is 0 Å². The van der Waals surface area contributed by atoms with Crippen molar-refractivity contribution in [3.05, 3.63) is 12.2 Å². The number of primary amides is 1. The van der Waals surface area contributed by atoms with Crippen molar-refractivity contribution >= 4 is 5.91 Å². The molecule has 0 unspecified atom stereocenters. The summed E-state index contributed by atoms with van der Waals surface area (Å²) >= 11 is 0. The van der Waals surface area contributed by atoms with Crippen LogP contribution in [0, 0.1) is 0 Å². The van der Waals surface area contributed by atoms with Crippen LogP contribution in [0.1, 0.15) is 103 Å². The van der Waals surface area contributed by atoms with Gasteiger partial charge >= 0.3 is 0 Å². The van der Waals surface area contributed by atoms with Crippen LogP contribution in [0.3, 0.4) is 0 Å². The summed E-state index contributed by atoms with van der Waals surface area (Å²) < 4.78 is 0. The molecule has 0 aliphatic heterocycles. The van der Waals surface area contributed by atoms with Crippen LogP contribution in [0.5, 0.6) is 0 Å². The van der Waals surface area contributed by atoms with E-state index in [9.17, 15) is 4.79 Å². The summed E-state index contributed by atoms with van der Waals surface area (Å²) in [6.45, 7) is 2.28. The minimum absolute atomic E-state index is 0.333. The third kappa shape index (κ3) is 19.2. The van der Waals surface area contributed by atoms with Crippen molar-refractivity contribution in [1.82, 2.24) is 0 Å². The lowest BCUT2D eigenvalue weighted by Gasteiger charge is -2.02. The number of hydrogen-bond donors (Lipinski definition) is 1. The largest absolute Gasteiger partial charge is 0.366 e. The van der Waals surface area contributed by atoms with E-state index in [4.69, 9.17) is 5.73 Å². The smallest absolute Gasteiger partial charge is 0.241 e. The second-order valence-electron chi connectivity index (χ2n) is 6.19. The Morgan fingerprint density at radius 1 is 0.714 bits per heavy atom. The predicted molar refractivity (Wildman–Crippen MR) is 93.3 cm³/mol. The Balaban J connectivity index is 3.01. The monoisotopic (exact) mass is 295 g/mol. The molecule has 0 aromatic rings. The lowest BCUT2D eigenvalue weighted by molar-refractivity contribution is -0.113. The van der Waals surface area contributed by atoms with Gasteiger partial charge in [-0.3, -0.25) is 4.79 Å². The maximum absolute atomic E-state index is 10.5. The van der Waals surface area contributed by atoms with Crippen molar-refractivity contribution in [2.24, 2.45) is 5.73 Å². The minimum Gasteiger partial charge on any atom is -0.366 e. The molecule has 0 spiro atoms.